The minimum Gasteiger partial charge on any atom is -0.454 e. The van der Waals surface area contributed by atoms with Crippen molar-refractivity contribution in [3.63, 3.8) is 0 Å². The summed E-state index contributed by atoms with van der Waals surface area (Å²) in [5.41, 5.74) is -0.662. The third-order valence-electron chi connectivity index (χ3n) is 2.24. The zero-order chi connectivity index (χ0) is 12.3. The Kier molecular flexibility index (Phi) is 4.41. The van der Waals surface area contributed by atoms with Crippen LogP contribution in [0.3, 0.4) is 0 Å². The Morgan fingerprint density at radius 3 is 2.56 bits per heavy atom. The van der Waals surface area contributed by atoms with Gasteiger partial charge in [0.15, 0.2) is 6.61 Å². The maximum Gasteiger partial charge on any atom is 0.339 e. The van der Waals surface area contributed by atoms with Crippen LogP contribution >= 0.6 is 23.2 Å². The molecule has 0 aromatic heterocycles. The molecule has 0 aromatic rings. The highest BCUT2D eigenvalue weighted by atomic mass is 35.5. The van der Waals surface area contributed by atoms with Gasteiger partial charge in [-0.1, -0.05) is 23.2 Å². The van der Waals surface area contributed by atoms with Crippen molar-refractivity contribution < 1.29 is 19.1 Å². The van der Waals surface area contributed by atoms with Crippen molar-refractivity contribution in [2.24, 2.45) is 0 Å². The highest BCUT2D eigenvalue weighted by Crippen LogP contribution is 2.22. The van der Waals surface area contributed by atoms with Crippen molar-refractivity contribution in [3.8, 4) is 0 Å². The van der Waals surface area contributed by atoms with Crippen LogP contribution in [0.25, 0.3) is 0 Å². The van der Waals surface area contributed by atoms with Crippen molar-refractivity contribution >= 4 is 35.1 Å². The fourth-order valence-electron chi connectivity index (χ4n) is 1.43. The van der Waals surface area contributed by atoms with Gasteiger partial charge in [0.2, 0.25) is 4.84 Å². The molecular formula is C9H13Cl2NO4. The predicted octanol–water partition coefficient (Wildman–Crippen LogP) is 0.928. The van der Waals surface area contributed by atoms with Gasteiger partial charge in [-0.15, -0.1) is 0 Å². The van der Waals surface area contributed by atoms with E-state index in [2.05, 4.69) is 4.74 Å². The molecule has 0 N–H and O–H groups in total. The average molecular weight is 270 g/mol. The summed E-state index contributed by atoms with van der Waals surface area (Å²) in [6.45, 7) is 4.12. The quantitative estimate of drug-likeness (QED) is 0.565. The van der Waals surface area contributed by atoms with Gasteiger partial charge in [0, 0.05) is 6.54 Å². The molecule has 92 valence electrons. The minimum absolute atomic E-state index is 0.329. The number of nitrogens with zero attached hydrogens (tertiary/aromatic N) is 1. The van der Waals surface area contributed by atoms with E-state index in [0.717, 1.165) is 0 Å². The molecule has 0 unspecified atom stereocenters. The van der Waals surface area contributed by atoms with Gasteiger partial charge in [0.1, 0.15) is 5.72 Å². The zero-order valence-corrected chi connectivity index (χ0v) is 10.5. The molecule has 1 saturated heterocycles. The Hall–Kier alpha value is -0.520. The summed E-state index contributed by atoms with van der Waals surface area (Å²) in [5, 5.41) is 0. The van der Waals surface area contributed by atoms with Crippen LogP contribution in [0.15, 0.2) is 0 Å². The molecule has 1 fully saturated rings. The van der Waals surface area contributed by atoms with Gasteiger partial charge in [0.05, 0.1) is 6.61 Å². The van der Waals surface area contributed by atoms with Gasteiger partial charge in [0.25, 0.3) is 5.91 Å². The first-order valence-corrected chi connectivity index (χ1v) is 5.61. The molecule has 0 spiro atoms. The second-order valence-corrected chi connectivity index (χ2v) is 4.85. The van der Waals surface area contributed by atoms with Crippen LogP contribution in [0.4, 0.5) is 0 Å². The maximum atomic E-state index is 11.7. The standard InChI is InChI=1S/C9H13Cl2NO4/c1-9(2)12(3-4-16-9)6(13)5-15-8(14)7(10)11/h7H,3-5H2,1-2H3. The third kappa shape index (κ3) is 3.23. The van der Waals surface area contributed by atoms with E-state index in [0.29, 0.717) is 13.2 Å². The Morgan fingerprint density at radius 2 is 2.12 bits per heavy atom. The number of halogens is 2. The monoisotopic (exact) mass is 269 g/mol. The molecule has 0 atom stereocenters. The lowest BCUT2D eigenvalue weighted by Crippen LogP contribution is -2.45. The normalized spacial score (nSPS) is 18.9. The number of amides is 1. The molecule has 0 aliphatic carbocycles. The summed E-state index contributed by atoms with van der Waals surface area (Å²) in [6, 6.07) is 0. The first-order chi connectivity index (χ1) is 7.34. The third-order valence-corrected chi connectivity index (χ3v) is 2.59. The number of rotatable bonds is 3. The van der Waals surface area contributed by atoms with Crippen molar-refractivity contribution in [2.75, 3.05) is 19.8 Å². The van der Waals surface area contributed by atoms with Crippen LogP contribution in [0, 0.1) is 0 Å². The highest BCUT2D eigenvalue weighted by molar-refractivity contribution is 6.52. The van der Waals surface area contributed by atoms with Crippen LogP contribution in [-0.2, 0) is 19.1 Å². The van der Waals surface area contributed by atoms with Gasteiger partial charge in [-0.05, 0) is 13.8 Å². The Balaban J connectivity index is 2.44. The fourth-order valence-corrected chi connectivity index (χ4v) is 1.56. The molecule has 1 rings (SSSR count). The minimum atomic E-state index is -1.27. The Bertz CT molecular complexity index is 293. The predicted molar refractivity (Wildman–Crippen MR) is 58.2 cm³/mol. The highest BCUT2D eigenvalue weighted by Gasteiger charge is 2.36. The van der Waals surface area contributed by atoms with Crippen molar-refractivity contribution in [1.29, 1.82) is 0 Å². The molecule has 16 heavy (non-hydrogen) atoms. The maximum absolute atomic E-state index is 11.7. The molecule has 1 heterocycles. The SMILES string of the molecule is CC1(C)OCCN1C(=O)COC(=O)C(Cl)Cl. The van der Waals surface area contributed by atoms with Crippen LogP contribution < -0.4 is 0 Å². The summed E-state index contributed by atoms with van der Waals surface area (Å²) in [5.74, 6) is -1.15. The van der Waals surface area contributed by atoms with E-state index in [1.54, 1.807) is 13.8 Å². The summed E-state index contributed by atoms with van der Waals surface area (Å²) in [7, 11) is 0. The zero-order valence-electron chi connectivity index (χ0n) is 9.03. The van der Waals surface area contributed by atoms with Crippen LogP contribution in [0.5, 0.6) is 0 Å². The fraction of sp³-hybridized carbons (Fsp3) is 0.778. The van der Waals surface area contributed by atoms with Crippen LogP contribution in [0.1, 0.15) is 13.8 Å². The first kappa shape index (κ1) is 13.5. The van der Waals surface area contributed by atoms with Crippen LogP contribution in [0.2, 0.25) is 0 Å². The van der Waals surface area contributed by atoms with Gasteiger partial charge in [-0.3, -0.25) is 4.79 Å². The van der Waals surface area contributed by atoms with Gasteiger partial charge in [-0.2, -0.15) is 0 Å². The number of hydrogen-bond donors (Lipinski definition) is 0. The lowest BCUT2D eigenvalue weighted by molar-refractivity contribution is -0.157. The number of hydrogen-bond acceptors (Lipinski definition) is 4. The van der Waals surface area contributed by atoms with Gasteiger partial charge in [-0.25, -0.2) is 4.79 Å². The van der Waals surface area contributed by atoms with Crippen molar-refractivity contribution in [3.05, 3.63) is 0 Å². The smallest absolute Gasteiger partial charge is 0.339 e. The summed E-state index contributed by atoms with van der Waals surface area (Å²) >= 11 is 10.5. The van der Waals surface area contributed by atoms with E-state index in [1.807, 2.05) is 0 Å². The second-order valence-electron chi connectivity index (χ2n) is 3.75. The molecule has 0 bridgehead atoms. The largest absolute Gasteiger partial charge is 0.454 e. The van der Waals surface area contributed by atoms with Crippen molar-refractivity contribution in [2.45, 2.75) is 24.4 Å². The first-order valence-electron chi connectivity index (χ1n) is 4.74. The molecular weight excluding hydrogens is 257 g/mol. The molecule has 1 aliphatic heterocycles. The molecule has 0 aromatic carbocycles. The summed E-state index contributed by atoms with van der Waals surface area (Å²) < 4.78 is 9.96. The van der Waals surface area contributed by atoms with E-state index in [-0.39, 0.29) is 12.5 Å². The van der Waals surface area contributed by atoms with E-state index in [4.69, 9.17) is 27.9 Å². The second kappa shape index (κ2) is 5.21. The van der Waals surface area contributed by atoms with Crippen LogP contribution in [-0.4, -0.2) is 47.1 Å². The lowest BCUT2D eigenvalue weighted by Gasteiger charge is -2.29. The average Bonchev–Trinajstić information content (AvgIpc) is 2.53. The summed E-state index contributed by atoms with van der Waals surface area (Å²) in [4.78, 5) is 22.8. The Morgan fingerprint density at radius 1 is 1.50 bits per heavy atom. The molecule has 0 radical (unpaired) electrons. The number of carbonyl (C=O) groups excluding carboxylic acids is 2. The topological polar surface area (TPSA) is 55.8 Å². The lowest BCUT2D eigenvalue weighted by atomic mass is 10.2. The molecule has 7 heteroatoms. The van der Waals surface area contributed by atoms with E-state index in [9.17, 15) is 9.59 Å². The molecule has 5 nitrogen and oxygen atoms in total. The van der Waals surface area contributed by atoms with Gasteiger partial charge < -0.3 is 14.4 Å². The number of alkyl halides is 2. The van der Waals surface area contributed by atoms with Crippen molar-refractivity contribution in [1.82, 2.24) is 4.90 Å². The number of carbonyl (C=O) groups is 2. The Labute approximate surface area is 104 Å². The van der Waals surface area contributed by atoms with E-state index < -0.39 is 16.5 Å². The van der Waals surface area contributed by atoms with Gasteiger partial charge >= 0.3 is 5.97 Å². The van der Waals surface area contributed by atoms with E-state index >= 15 is 0 Å². The summed E-state index contributed by atoms with van der Waals surface area (Å²) in [6.07, 6.45) is 0. The van der Waals surface area contributed by atoms with E-state index in [1.165, 1.54) is 4.90 Å². The number of esters is 1. The number of ether oxygens (including phenoxy) is 2. The molecule has 1 aliphatic rings. The molecule has 1 amide bonds. The molecule has 0 saturated carbocycles.